The summed E-state index contributed by atoms with van der Waals surface area (Å²) in [5.41, 5.74) is 0. The molecule has 0 fully saturated rings. The summed E-state index contributed by atoms with van der Waals surface area (Å²) in [6.45, 7) is 0.192. The molecule has 0 aromatic heterocycles. The minimum Gasteiger partial charge on any atom is -0.481 e. The number of aliphatic carboxylic acids is 1. The van der Waals surface area contributed by atoms with Crippen molar-refractivity contribution < 1.29 is 14.7 Å². The van der Waals surface area contributed by atoms with Crippen LogP contribution < -0.4 is 5.32 Å². The van der Waals surface area contributed by atoms with Crippen LogP contribution in [-0.2, 0) is 9.59 Å². The smallest absolute Gasteiger partial charge is 0.305 e. The summed E-state index contributed by atoms with van der Waals surface area (Å²) in [7, 11) is 0. The Morgan fingerprint density at radius 3 is 2.50 bits per heavy atom. The van der Waals surface area contributed by atoms with Crippen LogP contribution in [0.3, 0.4) is 0 Å². The molecule has 0 aliphatic rings. The van der Waals surface area contributed by atoms with Gasteiger partial charge in [-0.2, -0.15) is 0 Å². The average Bonchev–Trinajstić information content (AvgIpc) is 2.31. The second-order valence-corrected chi connectivity index (χ2v) is 5.63. The van der Waals surface area contributed by atoms with Crippen LogP contribution in [-0.4, -0.2) is 29.3 Å². The first-order valence-corrected chi connectivity index (χ1v) is 7.22. The van der Waals surface area contributed by atoms with Gasteiger partial charge in [-0.3, -0.25) is 9.59 Å². The van der Waals surface area contributed by atoms with Gasteiger partial charge < -0.3 is 10.4 Å². The summed E-state index contributed by atoms with van der Waals surface area (Å²) in [4.78, 5) is 22.7. The lowest BCUT2D eigenvalue weighted by atomic mass is 10.4. The summed E-state index contributed by atoms with van der Waals surface area (Å²) < 4.78 is 1.03. The molecule has 4 nitrogen and oxygen atoms in total. The zero-order chi connectivity index (χ0) is 13.4. The van der Waals surface area contributed by atoms with E-state index in [9.17, 15) is 9.59 Å². The molecule has 0 saturated heterocycles. The molecule has 0 saturated carbocycles. The Labute approximate surface area is 118 Å². The quantitative estimate of drug-likeness (QED) is 0.753. The predicted octanol–water partition coefficient (Wildman–Crippen LogP) is 2.52. The summed E-state index contributed by atoms with van der Waals surface area (Å²) >= 11 is 4.95. The standard InChI is InChI=1S/C12H14BrNO3S/c13-9-1-3-10(4-2-9)18-8-6-11(15)14-7-5-12(16)17/h1-4H,5-8H2,(H,14,15)(H,16,17). The molecule has 98 valence electrons. The summed E-state index contributed by atoms with van der Waals surface area (Å²) in [5, 5.41) is 11.0. The number of carboxylic acids is 1. The highest BCUT2D eigenvalue weighted by Crippen LogP contribution is 2.20. The van der Waals surface area contributed by atoms with Crippen LogP contribution in [0.2, 0.25) is 0 Å². The number of rotatable bonds is 7. The molecule has 0 bridgehead atoms. The largest absolute Gasteiger partial charge is 0.481 e. The van der Waals surface area contributed by atoms with E-state index in [1.165, 1.54) is 0 Å². The van der Waals surface area contributed by atoms with Gasteiger partial charge >= 0.3 is 5.97 Å². The second-order valence-electron chi connectivity index (χ2n) is 3.55. The molecule has 0 heterocycles. The van der Waals surface area contributed by atoms with Crippen molar-refractivity contribution in [1.82, 2.24) is 5.32 Å². The molecule has 0 unspecified atom stereocenters. The number of benzene rings is 1. The third-order valence-electron chi connectivity index (χ3n) is 2.07. The highest BCUT2D eigenvalue weighted by atomic mass is 79.9. The summed E-state index contributed by atoms with van der Waals surface area (Å²) in [6.07, 6.45) is 0.353. The zero-order valence-corrected chi connectivity index (χ0v) is 12.1. The van der Waals surface area contributed by atoms with Gasteiger partial charge in [-0.15, -0.1) is 11.8 Å². The van der Waals surface area contributed by atoms with Crippen LogP contribution in [0.1, 0.15) is 12.8 Å². The third kappa shape index (κ3) is 6.66. The number of thioether (sulfide) groups is 1. The zero-order valence-electron chi connectivity index (χ0n) is 9.69. The van der Waals surface area contributed by atoms with E-state index in [1.807, 2.05) is 24.3 Å². The van der Waals surface area contributed by atoms with E-state index in [-0.39, 0.29) is 18.9 Å². The van der Waals surface area contributed by atoms with Crippen LogP contribution in [0.25, 0.3) is 0 Å². The fourth-order valence-electron chi connectivity index (χ4n) is 1.19. The number of carboxylic acid groups (broad SMARTS) is 1. The number of amides is 1. The van der Waals surface area contributed by atoms with E-state index in [1.54, 1.807) is 11.8 Å². The van der Waals surface area contributed by atoms with Crippen molar-refractivity contribution in [2.45, 2.75) is 17.7 Å². The maximum atomic E-state index is 11.3. The van der Waals surface area contributed by atoms with Gasteiger partial charge in [-0.05, 0) is 24.3 Å². The van der Waals surface area contributed by atoms with Gasteiger partial charge in [0.15, 0.2) is 0 Å². The van der Waals surface area contributed by atoms with Crippen molar-refractivity contribution in [3.8, 4) is 0 Å². The molecular weight excluding hydrogens is 318 g/mol. The number of halogens is 1. The minimum atomic E-state index is -0.903. The minimum absolute atomic E-state index is 0.0361. The fraction of sp³-hybridized carbons (Fsp3) is 0.333. The molecule has 18 heavy (non-hydrogen) atoms. The number of hydrogen-bond donors (Lipinski definition) is 2. The number of nitrogens with one attached hydrogen (secondary N) is 1. The second kappa shape index (κ2) is 8.16. The van der Waals surface area contributed by atoms with Crippen molar-refractivity contribution in [3.05, 3.63) is 28.7 Å². The lowest BCUT2D eigenvalue weighted by molar-refractivity contribution is -0.136. The first-order chi connectivity index (χ1) is 8.58. The summed E-state index contributed by atoms with van der Waals surface area (Å²) in [5.74, 6) is -0.332. The Kier molecular flexibility index (Phi) is 6.82. The first kappa shape index (κ1) is 15.0. The van der Waals surface area contributed by atoms with Gasteiger partial charge in [0.05, 0.1) is 6.42 Å². The molecule has 6 heteroatoms. The van der Waals surface area contributed by atoms with E-state index in [2.05, 4.69) is 21.2 Å². The Morgan fingerprint density at radius 2 is 1.89 bits per heavy atom. The van der Waals surface area contributed by atoms with Crippen LogP contribution in [0.5, 0.6) is 0 Å². The molecule has 1 aromatic rings. The molecule has 0 radical (unpaired) electrons. The number of carbonyl (C=O) groups is 2. The highest BCUT2D eigenvalue weighted by Gasteiger charge is 2.03. The SMILES string of the molecule is O=C(O)CCNC(=O)CCSc1ccc(Br)cc1. The van der Waals surface area contributed by atoms with Crippen LogP contribution in [0.4, 0.5) is 0 Å². The highest BCUT2D eigenvalue weighted by molar-refractivity contribution is 9.10. The van der Waals surface area contributed by atoms with E-state index in [0.717, 1.165) is 9.37 Å². The van der Waals surface area contributed by atoms with Gasteiger partial charge in [-0.25, -0.2) is 0 Å². The monoisotopic (exact) mass is 331 g/mol. The predicted molar refractivity (Wildman–Crippen MR) is 74.7 cm³/mol. The van der Waals surface area contributed by atoms with Crippen molar-refractivity contribution in [3.63, 3.8) is 0 Å². The molecule has 0 aliphatic carbocycles. The average molecular weight is 332 g/mol. The Bertz CT molecular complexity index is 408. The van der Waals surface area contributed by atoms with Crippen LogP contribution >= 0.6 is 27.7 Å². The Balaban J connectivity index is 2.15. The normalized spacial score (nSPS) is 10.1. The van der Waals surface area contributed by atoms with Crippen molar-refractivity contribution >= 4 is 39.6 Å². The molecule has 0 aliphatic heterocycles. The van der Waals surface area contributed by atoms with Crippen LogP contribution in [0, 0.1) is 0 Å². The molecule has 0 atom stereocenters. The summed E-state index contributed by atoms with van der Waals surface area (Å²) in [6, 6.07) is 7.87. The van der Waals surface area contributed by atoms with Gasteiger partial charge in [-0.1, -0.05) is 15.9 Å². The van der Waals surface area contributed by atoms with Gasteiger partial charge in [0.25, 0.3) is 0 Å². The van der Waals surface area contributed by atoms with Crippen LogP contribution in [0.15, 0.2) is 33.6 Å². The van der Waals surface area contributed by atoms with Gasteiger partial charge in [0.2, 0.25) is 5.91 Å². The Hall–Kier alpha value is -1.01. The molecular formula is C12H14BrNO3S. The maximum Gasteiger partial charge on any atom is 0.305 e. The fourth-order valence-corrected chi connectivity index (χ4v) is 2.31. The number of carbonyl (C=O) groups excluding carboxylic acids is 1. The van der Waals surface area contributed by atoms with Gasteiger partial charge in [0.1, 0.15) is 0 Å². The molecule has 1 aromatic carbocycles. The molecule has 1 amide bonds. The lowest BCUT2D eigenvalue weighted by Crippen LogP contribution is -2.26. The van der Waals surface area contributed by atoms with E-state index >= 15 is 0 Å². The van der Waals surface area contributed by atoms with Gasteiger partial charge in [0, 0.05) is 28.1 Å². The van der Waals surface area contributed by atoms with Crippen molar-refractivity contribution in [1.29, 1.82) is 0 Å². The van der Waals surface area contributed by atoms with Crippen molar-refractivity contribution in [2.75, 3.05) is 12.3 Å². The topological polar surface area (TPSA) is 66.4 Å². The van der Waals surface area contributed by atoms with E-state index in [4.69, 9.17) is 5.11 Å². The first-order valence-electron chi connectivity index (χ1n) is 5.45. The molecule has 1 rings (SSSR count). The van der Waals surface area contributed by atoms with E-state index < -0.39 is 5.97 Å². The van der Waals surface area contributed by atoms with E-state index in [0.29, 0.717) is 12.2 Å². The third-order valence-corrected chi connectivity index (χ3v) is 3.61. The lowest BCUT2D eigenvalue weighted by Gasteiger charge is -2.03. The van der Waals surface area contributed by atoms with Crippen molar-refractivity contribution in [2.24, 2.45) is 0 Å². The number of hydrogen-bond acceptors (Lipinski definition) is 3. The molecule has 0 spiro atoms. The maximum absolute atomic E-state index is 11.3. The Morgan fingerprint density at radius 1 is 1.22 bits per heavy atom. The molecule has 2 N–H and O–H groups in total.